The number of aromatic nitrogens is 2. The maximum atomic E-state index is 12.0. The maximum absolute atomic E-state index is 12.0. The van der Waals surface area contributed by atoms with Crippen molar-refractivity contribution in [1.29, 1.82) is 0 Å². The summed E-state index contributed by atoms with van der Waals surface area (Å²) in [5, 5.41) is 4.26. The third kappa shape index (κ3) is 3.35. The van der Waals surface area contributed by atoms with Crippen molar-refractivity contribution < 1.29 is 9.21 Å². The molecule has 0 unspecified atom stereocenters. The Balaban J connectivity index is 1.84. The number of hydrogen-bond acceptors (Lipinski definition) is 4. The molecule has 24 heavy (non-hydrogen) atoms. The fourth-order valence-corrected chi connectivity index (χ4v) is 2.41. The first-order chi connectivity index (χ1) is 11.6. The van der Waals surface area contributed by atoms with E-state index in [1.807, 2.05) is 24.3 Å². The zero-order valence-electron chi connectivity index (χ0n) is 13.6. The number of carbonyl (C=O) groups is 1. The van der Waals surface area contributed by atoms with Gasteiger partial charge in [-0.05, 0) is 29.2 Å². The summed E-state index contributed by atoms with van der Waals surface area (Å²) in [7, 11) is 0. The number of benzene rings is 2. The maximum Gasteiger partial charge on any atom is 0.437 e. The Hall–Kier alpha value is -2.95. The molecule has 3 rings (SSSR count). The highest BCUT2D eigenvalue weighted by Crippen LogP contribution is 2.20. The highest BCUT2D eigenvalue weighted by Gasteiger charge is 2.11. The van der Waals surface area contributed by atoms with Crippen LogP contribution in [0.3, 0.4) is 0 Å². The van der Waals surface area contributed by atoms with E-state index in [4.69, 9.17) is 4.42 Å². The van der Waals surface area contributed by atoms with Gasteiger partial charge in [0, 0.05) is 11.1 Å². The van der Waals surface area contributed by atoms with E-state index in [9.17, 15) is 9.59 Å². The van der Waals surface area contributed by atoms with Crippen LogP contribution in [-0.4, -0.2) is 16.1 Å². The molecule has 2 aromatic carbocycles. The molecule has 0 radical (unpaired) electrons. The molecule has 0 saturated carbocycles. The number of carbonyl (C=O) groups excluding carboxylic acids is 1. The van der Waals surface area contributed by atoms with Gasteiger partial charge in [0.1, 0.15) is 6.29 Å². The van der Waals surface area contributed by atoms with Crippen molar-refractivity contribution in [3.8, 4) is 11.5 Å². The highest BCUT2D eigenvalue weighted by atomic mass is 16.4. The van der Waals surface area contributed by atoms with E-state index < -0.39 is 5.76 Å². The lowest BCUT2D eigenvalue weighted by atomic mass is 10.0. The van der Waals surface area contributed by atoms with Crippen LogP contribution in [0.15, 0.2) is 57.7 Å². The fourth-order valence-electron chi connectivity index (χ4n) is 2.41. The topological polar surface area (TPSA) is 65.1 Å². The Morgan fingerprint density at radius 2 is 1.75 bits per heavy atom. The first kappa shape index (κ1) is 15.9. The molecule has 0 aliphatic carbocycles. The van der Waals surface area contributed by atoms with Gasteiger partial charge in [0.2, 0.25) is 5.89 Å². The van der Waals surface area contributed by atoms with Crippen molar-refractivity contribution in [1.82, 2.24) is 9.78 Å². The van der Waals surface area contributed by atoms with Crippen molar-refractivity contribution in [3.63, 3.8) is 0 Å². The first-order valence-corrected chi connectivity index (χ1v) is 7.79. The Labute approximate surface area is 139 Å². The molecule has 122 valence electrons. The summed E-state index contributed by atoms with van der Waals surface area (Å²) in [5.41, 5.74) is 3.46. The van der Waals surface area contributed by atoms with E-state index in [1.54, 1.807) is 24.3 Å². The van der Waals surface area contributed by atoms with Crippen LogP contribution >= 0.6 is 0 Å². The smallest absolute Gasteiger partial charge is 0.388 e. The fraction of sp³-hybridized carbons (Fsp3) is 0.211. The molecular weight excluding hydrogens is 304 g/mol. The Morgan fingerprint density at radius 3 is 2.33 bits per heavy atom. The van der Waals surface area contributed by atoms with Crippen molar-refractivity contribution in [2.75, 3.05) is 0 Å². The van der Waals surface area contributed by atoms with Gasteiger partial charge in [-0.1, -0.05) is 50.2 Å². The third-order valence-corrected chi connectivity index (χ3v) is 3.88. The first-order valence-electron chi connectivity index (χ1n) is 7.79. The molecule has 5 heteroatoms. The number of aldehydes is 1. The van der Waals surface area contributed by atoms with Crippen LogP contribution in [0.1, 0.15) is 41.3 Å². The van der Waals surface area contributed by atoms with E-state index in [0.717, 1.165) is 17.4 Å². The zero-order valence-corrected chi connectivity index (χ0v) is 13.6. The van der Waals surface area contributed by atoms with Gasteiger partial charge in [0.25, 0.3) is 0 Å². The molecule has 0 atom stereocenters. The molecule has 3 aromatic rings. The normalized spacial score (nSPS) is 11.0. The predicted molar refractivity (Wildman–Crippen MR) is 91.2 cm³/mol. The van der Waals surface area contributed by atoms with Crippen molar-refractivity contribution in [2.24, 2.45) is 0 Å². The lowest BCUT2D eigenvalue weighted by Crippen LogP contribution is -2.16. The van der Waals surface area contributed by atoms with Crippen LogP contribution < -0.4 is 5.76 Å². The van der Waals surface area contributed by atoms with E-state index in [2.05, 4.69) is 18.9 Å². The predicted octanol–water partition coefficient (Wildman–Crippen LogP) is 3.49. The van der Waals surface area contributed by atoms with Gasteiger partial charge < -0.3 is 4.42 Å². The largest absolute Gasteiger partial charge is 0.437 e. The summed E-state index contributed by atoms with van der Waals surface area (Å²) in [6, 6.07) is 14.8. The Morgan fingerprint density at radius 1 is 1.08 bits per heavy atom. The second kappa shape index (κ2) is 6.66. The van der Waals surface area contributed by atoms with Gasteiger partial charge in [-0.3, -0.25) is 4.79 Å². The second-order valence-corrected chi connectivity index (χ2v) is 5.97. The van der Waals surface area contributed by atoms with Crippen LogP contribution in [0.2, 0.25) is 0 Å². The van der Waals surface area contributed by atoms with Crippen molar-refractivity contribution >= 4 is 6.29 Å². The third-order valence-electron chi connectivity index (χ3n) is 3.88. The molecule has 5 nitrogen and oxygen atoms in total. The molecule has 0 fully saturated rings. The van der Waals surface area contributed by atoms with Crippen LogP contribution in [0, 0.1) is 0 Å². The zero-order chi connectivity index (χ0) is 17.1. The van der Waals surface area contributed by atoms with E-state index >= 15 is 0 Å². The van der Waals surface area contributed by atoms with E-state index in [1.165, 1.54) is 10.2 Å². The molecular formula is C19H18N2O3. The van der Waals surface area contributed by atoms with Gasteiger partial charge in [-0.15, -0.1) is 5.10 Å². The Bertz CT molecular complexity index is 888. The average Bonchev–Trinajstić information content (AvgIpc) is 2.96. The molecule has 0 spiro atoms. The number of nitrogens with zero attached hydrogens (tertiary/aromatic N) is 2. The van der Waals surface area contributed by atoms with Crippen molar-refractivity contribution in [2.45, 2.75) is 26.3 Å². The monoisotopic (exact) mass is 322 g/mol. The minimum atomic E-state index is -0.502. The average molecular weight is 322 g/mol. The summed E-state index contributed by atoms with van der Waals surface area (Å²) in [6.07, 6.45) is 0.783. The Kier molecular flexibility index (Phi) is 4.42. The summed E-state index contributed by atoms with van der Waals surface area (Å²) in [6.45, 7) is 4.55. The SMILES string of the molecule is CC(C)c1ccc(-c2nn(Cc3ccc(C=O)cc3)c(=O)o2)cc1. The second-order valence-electron chi connectivity index (χ2n) is 5.97. The highest BCUT2D eigenvalue weighted by molar-refractivity contribution is 5.74. The molecule has 0 amide bonds. The summed E-state index contributed by atoms with van der Waals surface area (Å²) < 4.78 is 6.54. The van der Waals surface area contributed by atoms with Gasteiger partial charge in [0.15, 0.2) is 0 Å². The molecule has 0 bridgehead atoms. The quantitative estimate of drug-likeness (QED) is 0.675. The van der Waals surface area contributed by atoms with Crippen LogP contribution in [0.4, 0.5) is 0 Å². The minimum Gasteiger partial charge on any atom is -0.388 e. The molecule has 0 aliphatic rings. The number of rotatable bonds is 5. The van der Waals surface area contributed by atoms with Crippen LogP contribution in [0.5, 0.6) is 0 Å². The molecule has 1 heterocycles. The lowest BCUT2D eigenvalue weighted by Gasteiger charge is -2.04. The van der Waals surface area contributed by atoms with Gasteiger partial charge in [-0.2, -0.15) is 4.68 Å². The molecule has 0 N–H and O–H groups in total. The summed E-state index contributed by atoms with van der Waals surface area (Å²) >= 11 is 0. The van der Waals surface area contributed by atoms with Crippen LogP contribution in [0.25, 0.3) is 11.5 Å². The lowest BCUT2D eigenvalue weighted by molar-refractivity contribution is 0.112. The van der Waals surface area contributed by atoms with Gasteiger partial charge in [-0.25, -0.2) is 4.79 Å². The van der Waals surface area contributed by atoms with E-state index in [0.29, 0.717) is 23.9 Å². The molecule has 1 aromatic heterocycles. The number of hydrogen-bond donors (Lipinski definition) is 0. The summed E-state index contributed by atoms with van der Waals surface area (Å²) in [5.74, 6) is 0.246. The molecule has 0 aliphatic heterocycles. The molecule has 0 saturated heterocycles. The standard InChI is InChI=1S/C19H18N2O3/c1-13(2)16-7-9-17(10-8-16)18-20-21(19(23)24-18)11-14-3-5-15(12-22)6-4-14/h3-10,12-13H,11H2,1-2H3. The van der Waals surface area contributed by atoms with Gasteiger partial charge in [0.05, 0.1) is 6.54 Å². The van der Waals surface area contributed by atoms with Gasteiger partial charge >= 0.3 is 5.76 Å². The van der Waals surface area contributed by atoms with Crippen molar-refractivity contribution in [3.05, 3.63) is 75.8 Å². The van der Waals surface area contributed by atoms with E-state index in [-0.39, 0.29) is 0 Å². The minimum absolute atomic E-state index is 0.297. The van der Waals surface area contributed by atoms with Crippen LogP contribution in [-0.2, 0) is 6.54 Å². The summed E-state index contributed by atoms with van der Waals surface area (Å²) in [4.78, 5) is 22.7.